The minimum atomic E-state index is 0.486. The Bertz CT molecular complexity index is 251. The first-order valence-corrected chi connectivity index (χ1v) is 5.43. The molecule has 1 N–H and O–H groups in total. The fourth-order valence-electron chi connectivity index (χ4n) is 0.749. The van der Waals surface area contributed by atoms with E-state index >= 15 is 0 Å². The van der Waals surface area contributed by atoms with Gasteiger partial charge in [0.15, 0.2) is 5.82 Å². The highest BCUT2D eigenvalue weighted by Crippen LogP contribution is 2.18. The Balaban J connectivity index is 2.36. The van der Waals surface area contributed by atoms with Crippen molar-refractivity contribution < 1.29 is 4.52 Å². The SMILES string of the molecule is CCC(C)SCc1noc(NC)n1. The largest absolute Gasteiger partial charge is 0.341 e. The molecule has 1 atom stereocenters. The highest BCUT2D eigenvalue weighted by molar-refractivity contribution is 7.99. The third-order valence-electron chi connectivity index (χ3n) is 1.75. The molecule has 1 aromatic heterocycles. The lowest BCUT2D eigenvalue weighted by Gasteiger charge is -2.04. The summed E-state index contributed by atoms with van der Waals surface area (Å²) in [6.07, 6.45) is 1.17. The van der Waals surface area contributed by atoms with Gasteiger partial charge in [0.2, 0.25) is 0 Å². The van der Waals surface area contributed by atoms with E-state index in [9.17, 15) is 0 Å². The van der Waals surface area contributed by atoms with Gasteiger partial charge in [-0.1, -0.05) is 19.0 Å². The Hall–Kier alpha value is -0.710. The van der Waals surface area contributed by atoms with Gasteiger partial charge in [-0.2, -0.15) is 16.7 Å². The zero-order valence-electron chi connectivity index (χ0n) is 8.20. The molecule has 0 saturated carbocycles. The molecule has 1 rings (SSSR count). The van der Waals surface area contributed by atoms with Gasteiger partial charge in [-0.25, -0.2) is 0 Å². The molecule has 0 saturated heterocycles. The summed E-state index contributed by atoms with van der Waals surface area (Å²) in [5.74, 6) is 1.58. The third-order valence-corrected chi connectivity index (χ3v) is 3.08. The molecule has 0 aliphatic carbocycles. The molecule has 0 aliphatic heterocycles. The highest BCUT2D eigenvalue weighted by Gasteiger charge is 2.06. The molecule has 5 heteroatoms. The van der Waals surface area contributed by atoms with E-state index in [1.54, 1.807) is 7.05 Å². The van der Waals surface area contributed by atoms with E-state index in [0.717, 1.165) is 11.6 Å². The maximum Gasteiger partial charge on any atom is 0.321 e. The zero-order chi connectivity index (χ0) is 9.68. The van der Waals surface area contributed by atoms with Crippen LogP contribution in [0.1, 0.15) is 26.1 Å². The van der Waals surface area contributed by atoms with Crippen molar-refractivity contribution in [3.8, 4) is 0 Å². The van der Waals surface area contributed by atoms with Crippen LogP contribution in [0.5, 0.6) is 0 Å². The minimum absolute atomic E-state index is 0.486. The Morgan fingerprint density at radius 2 is 2.38 bits per heavy atom. The highest BCUT2D eigenvalue weighted by atomic mass is 32.2. The predicted octanol–water partition coefficient (Wildman–Crippen LogP) is 2.14. The van der Waals surface area contributed by atoms with E-state index in [4.69, 9.17) is 4.52 Å². The molecule has 4 nitrogen and oxygen atoms in total. The van der Waals surface area contributed by atoms with Gasteiger partial charge >= 0.3 is 6.01 Å². The second-order valence-electron chi connectivity index (χ2n) is 2.80. The molecule has 0 spiro atoms. The second-order valence-corrected chi connectivity index (χ2v) is 4.22. The predicted molar refractivity (Wildman–Crippen MR) is 54.9 cm³/mol. The molecule has 1 aromatic rings. The lowest BCUT2D eigenvalue weighted by Crippen LogP contribution is -1.95. The first-order chi connectivity index (χ1) is 6.26. The van der Waals surface area contributed by atoms with Crippen LogP contribution in [0.15, 0.2) is 4.52 Å². The van der Waals surface area contributed by atoms with Gasteiger partial charge in [0, 0.05) is 12.3 Å². The maximum atomic E-state index is 4.89. The van der Waals surface area contributed by atoms with Crippen molar-refractivity contribution >= 4 is 17.8 Å². The molecule has 74 valence electrons. The Labute approximate surface area is 82.5 Å². The van der Waals surface area contributed by atoms with Crippen LogP contribution in [0.25, 0.3) is 0 Å². The summed E-state index contributed by atoms with van der Waals surface area (Å²) in [5, 5.41) is 7.27. The Kier molecular flexibility index (Phi) is 4.08. The van der Waals surface area contributed by atoms with Crippen LogP contribution in [0.4, 0.5) is 6.01 Å². The molecular weight excluding hydrogens is 186 g/mol. The van der Waals surface area contributed by atoms with Gasteiger partial charge in [-0.15, -0.1) is 0 Å². The number of hydrogen-bond donors (Lipinski definition) is 1. The first-order valence-electron chi connectivity index (χ1n) is 4.38. The maximum absolute atomic E-state index is 4.89. The topological polar surface area (TPSA) is 51.0 Å². The quantitative estimate of drug-likeness (QED) is 0.791. The van der Waals surface area contributed by atoms with Crippen LogP contribution in [-0.4, -0.2) is 22.4 Å². The molecule has 1 unspecified atom stereocenters. The summed E-state index contributed by atoms with van der Waals surface area (Å²) in [6, 6.07) is 0.486. The molecule has 0 aliphatic rings. The summed E-state index contributed by atoms with van der Waals surface area (Å²) >= 11 is 1.84. The third kappa shape index (κ3) is 3.26. The summed E-state index contributed by atoms with van der Waals surface area (Å²) in [5.41, 5.74) is 0. The molecule has 0 fully saturated rings. The van der Waals surface area contributed by atoms with Gasteiger partial charge in [0.1, 0.15) is 0 Å². The van der Waals surface area contributed by atoms with E-state index < -0.39 is 0 Å². The van der Waals surface area contributed by atoms with Crippen molar-refractivity contribution in [1.82, 2.24) is 10.1 Å². The van der Waals surface area contributed by atoms with Crippen molar-refractivity contribution in [2.45, 2.75) is 31.3 Å². The summed E-state index contributed by atoms with van der Waals surface area (Å²) in [7, 11) is 1.76. The van der Waals surface area contributed by atoms with E-state index in [1.807, 2.05) is 11.8 Å². The average Bonchev–Trinajstić information content (AvgIpc) is 2.61. The average molecular weight is 201 g/mol. The fourth-order valence-corrected chi connectivity index (χ4v) is 1.54. The number of aromatic nitrogens is 2. The van der Waals surface area contributed by atoms with Crippen molar-refractivity contribution in [2.75, 3.05) is 12.4 Å². The standard InChI is InChI=1S/C8H15N3OS/c1-4-6(2)13-5-7-10-8(9-3)12-11-7/h6H,4-5H2,1-3H3,(H,9,10,11). The number of thioether (sulfide) groups is 1. The Morgan fingerprint density at radius 1 is 1.62 bits per heavy atom. The van der Waals surface area contributed by atoms with Crippen molar-refractivity contribution in [3.63, 3.8) is 0 Å². The smallest absolute Gasteiger partial charge is 0.321 e. The van der Waals surface area contributed by atoms with Gasteiger partial charge in [0.25, 0.3) is 0 Å². The summed E-state index contributed by atoms with van der Waals surface area (Å²) in [4.78, 5) is 4.13. The lowest BCUT2D eigenvalue weighted by molar-refractivity contribution is 0.427. The molecule has 13 heavy (non-hydrogen) atoms. The number of nitrogens with zero attached hydrogens (tertiary/aromatic N) is 2. The number of rotatable bonds is 5. The summed E-state index contributed by atoms with van der Waals surface area (Å²) < 4.78 is 4.89. The van der Waals surface area contributed by atoms with E-state index in [-0.39, 0.29) is 0 Å². The first kappa shape index (κ1) is 10.4. The zero-order valence-corrected chi connectivity index (χ0v) is 9.02. The van der Waals surface area contributed by atoms with Gasteiger partial charge in [-0.3, -0.25) is 0 Å². The normalized spacial score (nSPS) is 12.8. The molecule has 0 bridgehead atoms. The van der Waals surface area contributed by atoms with Gasteiger partial charge < -0.3 is 9.84 Å². The molecule has 0 radical (unpaired) electrons. The van der Waals surface area contributed by atoms with Gasteiger partial charge in [0.05, 0.1) is 5.75 Å². The molecule has 1 heterocycles. The van der Waals surface area contributed by atoms with Crippen LogP contribution in [0.3, 0.4) is 0 Å². The number of anilines is 1. The molecule has 0 amide bonds. The molecule has 0 aromatic carbocycles. The number of hydrogen-bond acceptors (Lipinski definition) is 5. The van der Waals surface area contributed by atoms with Crippen LogP contribution < -0.4 is 5.32 Å². The van der Waals surface area contributed by atoms with Crippen molar-refractivity contribution in [2.24, 2.45) is 0 Å². The fraction of sp³-hybridized carbons (Fsp3) is 0.750. The molecular formula is C8H15N3OS. The van der Waals surface area contributed by atoms with E-state index in [0.29, 0.717) is 11.3 Å². The van der Waals surface area contributed by atoms with E-state index in [1.165, 1.54) is 6.42 Å². The van der Waals surface area contributed by atoms with Gasteiger partial charge in [-0.05, 0) is 6.42 Å². The minimum Gasteiger partial charge on any atom is -0.341 e. The second kappa shape index (κ2) is 5.11. The van der Waals surface area contributed by atoms with Crippen LogP contribution in [0, 0.1) is 0 Å². The van der Waals surface area contributed by atoms with Crippen molar-refractivity contribution in [3.05, 3.63) is 5.82 Å². The van der Waals surface area contributed by atoms with Crippen LogP contribution in [0.2, 0.25) is 0 Å². The van der Waals surface area contributed by atoms with Crippen LogP contribution in [-0.2, 0) is 5.75 Å². The van der Waals surface area contributed by atoms with Crippen LogP contribution >= 0.6 is 11.8 Å². The summed E-state index contributed by atoms with van der Waals surface area (Å²) in [6.45, 7) is 4.37. The number of nitrogens with one attached hydrogen (secondary N) is 1. The van der Waals surface area contributed by atoms with Crippen molar-refractivity contribution in [1.29, 1.82) is 0 Å². The lowest BCUT2D eigenvalue weighted by atomic mass is 10.4. The van der Waals surface area contributed by atoms with E-state index in [2.05, 4.69) is 29.3 Å². The monoisotopic (exact) mass is 201 g/mol. The Morgan fingerprint density at radius 3 is 2.92 bits per heavy atom.